The van der Waals surface area contributed by atoms with Gasteiger partial charge in [0.15, 0.2) is 0 Å². The highest BCUT2D eigenvalue weighted by Gasteiger charge is 2.19. The van der Waals surface area contributed by atoms with Crippen LogP contribution in [0.4, 0.5) is 0 Å². The van der Waals surface area contributed by atoms with Crippen LogP contribution in [-0.4, -0.2) is 9.13 Å². The summed E-state index contributed by atoms with van der Waals surface area (Å²) < 4.78 is 4.69. The van der Waals surface area contributed by atoms with E-state index in [4.69, 9.17) is 0 Å². The van der Waals surface area contributed by atoms with E-state index in [9.17, 15) is 0 Å². The minimum absolute atomic E-state index is 1.29. The summed E-state index contributed by atoms with van der Waals surface area (Å²) in [6, 6.07) is 4.40. The molecule has 3 aromatic rings. The SMILES string of the molecule is Cc1cn(-c2c(C)c(C)c(-n3c(C)ccc3C)c(C)c2C)cc1C. The molecule has 2 heterocycles. The standard InChI is InChI=1S/C22H28N2/c1-13-11-23(12-14(13)2)21-17(5)19(7)22(20(8)18(21)6)24-15(3)9-10-16(24)4/h9-12H,1-8H3. The molecular weight excluding hydrogens is 292 g/mol. The summed E-state index contributed by atoms with van der Waals surface area (Å²) in [4.78, 5) is 0. The van der Waals surface area contributed by atoms with Gasteiger partial charge in [0.25, 0.3) is 0 Å². The molecule has 0 bridgehead atoms. The highest BCUT2D eigenvalue weighted by molar-refractivity contribution is 5.65. The minimum Gasteiger partial charge on any atom is -0.323 e. The Kier molecular flexibility index (Phi) is 3.95. The second kappa shape index (κ2) is 5.70. The monoisotopic (exact) mass is 320 g/mol. The molecule has 0 unspecified atom stereocenters. The Bertz CT molecular complexity index is 868. The lowest BCUT2D eigenvalue weighted by atomic mass is 9.95. The second-order valence-corrected chi connectivity index (χ2v) is 7.18. The van der Waals surface area contributed by atoms with Crippen molar-refractivity contribution in [2.24, 2.45) is 0 Å². The van der Waals surface area contributed by atoms with Gasteiger partial charge in [0, 0.05) is 23.8 Å². The van der Waals surface area contributed by atoms with Gasteiger partial charge in [0.05, 0.1) is 11.4 Å². The van der Waals surface area contributed by atoms with Gasteiger partial charge in [0.2, 0.25) is 0 Å². The maximum Gasteiger partial charge on any atom is 0.0520 e. The van der Waals surface area contributed by atoms with E-state index in [1.807, 2.05) is 0 Å². The topological polar surface area (TPSA) is 9.86 Å². The number of aryl methyl sites for hydroxylation is 4. The zero-order chi connectivity index (χ0) is 17.8. The van der Waals surface area contributed by atoms with Gasteiger partial charge in [-0.15, -0.1) is 0 Å². The maximum absolute atomic E-state index is 2.39. The Morgan fingerprint density at radius 2 is 0.917 bits per heavy atom. The zero-order valence-corrected chi connectivity index (χ0v) is 16.2. The molecule has 0 aliphatic rings. The molecule has 1 aromatic carbocycles. The number of rotatable bonds is 2. The van der Waals surface area contributed by atoms with Crippen LogP contribution in [0.1, 0.15) is 44.8 Å². The van der Waals surface area contributed by atoms with Crippen LogP contribution in [-0.2, 0) is 0 Å². The molecule has 0 N–H and O–H groups in total. The van der Waals surface area contributed by atoms with Gasteiger partial charge in [-0.2, -0.15) is 0 Å². The van der Waals surface area contributed by atoms with Crippen molar-refractivity contribution in [3.05, 3.63) is 69.3 Å². The Labute approximate surface area is 145 Å². The molecule has 3 rings (SSSR count). The van der Waals surface area contributed by atoms with Crippen molar-refractivity contribution >= 4 is 0 Å². The molecule has 0 aliphatic heterocycles. The maximum atomic E-state index is 2.39. The van der Waals surface area contributed by atoms with E-state index < -0.39 is 0 Å². The molecule has 24 heavy (non-hydrogen) atoms. The third-order valence-electron chi connectivity index (χ3n) is 5.59. The van der Waals surface area contributed by atoms with Crippen LogP contribution in [0.5, 0.6) is 0 Å². The fourth-order valence-electron chi connectivity index (χ4n) is 3.80. The van der Waals surface area contributed by atoms with Gasteiger partial charge in [-0.1, -0.05) is 0 Å². The van der Waals surface area contributed by atoms with Crippen molar-refractivity contribution in [1.82, 2.24) is 9.13 Å². The largest absolute Gasteiger partial charge is 0.323 e. The van der Waals surface area contributed by atoms with Gasteiger partial charge in [-0.3, -0.25) is 0 Å². The predicted octanol–water partition coefficient (Wildman–Crippen LogP) is 5.74. The number of hydrogen-bond donors (Lipinski definition) is 0. The first-order chi connectivity index (χ1) is 11.2. The first-order valence-corrected chi connectivity index (χ1v) is 8.65. The molecule has 0 saturated heterocycles. The second-order valence-electron chi connectivity index (χ2n) is 7.18. The normalized spacial score (nSPS) is 11.3. The van der Waals surface area contributed by atoms with Crippen molar-refractivity contribution in [3.8, 4) is 11.4 Å². The molecule has 2 heteroatoms. The van der Waals surface area contributed by atoms with Crippen molar-refractivity contribution in [3.63, 3.8) is 0 Å². The summed E-state index contributed by atoms with van der Waals surface area (Å²) in [7, 11) is 0. The average molecular weight is 320 g/mol. The summed E-state index contributed by atoms with van der Waals surface area (Å²) in [5, 5.41) is 0. The van der Waals surface area contributed by atoms with E-state index in [1.54, 1.807) is 0 Å². The zero-order valence-electron chi connectivity index (χ0n) is 16.2. The summed E-state index contributed by atoms with van der Waals surface area (Å²) in [6.07, 6.45) is 4.49. The summed E-state index contributed by atoms with van der Waals surface area (Å²) >= 11 is 0. The molecule has 0 atom stereocenters. The van der Waals surface area contributed by atoms with Gasteiger partial charge in [-0.05, 0) is 101 Å². The first kappa shape index (κ1) is 16.6. The molecule has 0 spiro atoms. The highest BCUT2D eigenvalue weighted by Crippen LogP contribution is 2.34. The van der Waals surface area contributed by atoms with Crippen LogP contribution >= 0.6 is 0 Å². The van der Waals surface area contributed by atoms with E-state index in [2.05, 4.69) is 89.1 Å². The van der Waals surface area contributed by atoms with Gasteiger partial charge in [0.1, 0.15) is 0 Å². The van der Waals surface area contributed by atoms with Crippen LogP contribution in [0.15, 0.2) is 24.5 Å². The van der Waals surface area contributed by atoms with E-state index in [0.29, 0.717) is 0 Å². The molecule has 126 valence electrons. The summed E-state index contributed by atoms with van der Waals surface area (Å²) in [6.45, 7) is 17.7. The number of benzene rings is 1. The molecule has 2 aromatic heterocycles. The first-order valence-electron chi connectivity index (χ1n) is 8.65. The lowest BCUT2D eigenvalue weighted by molar-refractivity contribution is 0.923. The van der Waals surface area contributed by atoms with Crippen molar-refractivity contribution < 1.29 is 0 Å². The third kappa shape index (κ3) is 2.32. The van der Waals surface area contributed by atoms with Crippen LogP contribution in [0.2, 0.25) is 0 Å². The Hall–Kier alpha value is -2.22. The van der Waals surface area contributed by atoms with Crippen molar-refractivity contribution in [1.29, 1.82) is 0 Å². The fourth-order valence-corrected chi connectivity index (χ4v) is 3.80. The predicted molar refractivity (Wildman–Crippen MR) is 103 cm³/mol. The van der Waals surface area contributed by atoms with Gasteiger partial charge in [-0.25, -0.2) is 0 Å². The third-order valence-corrected chi connectivity index (χ3v) is 5.59. The van der Waals surface area contributed by atoms with Gasteiger partial charge < -0.3 is 9.13 Å². The van der Waals surface area contributed by atoms with Crippen LogP contribution in [0, 0.1) is 55.4 Å². The molecular formula is C22H28N2. The van der Waals surface area contributed by atoms with E-state index in [-0.39, 0.29) is 0 Å². The smallest absolute Gasteiger partial charge is 0.0520 e. The lowest BCUT2D eigenvalue weighted by Crippen LogP contribution is -2.10. The average Bonchev–Trinajstić information content (AvgIpc) is 3.02. The Morgan fingerprint density at radius 3 is 1.33 bits per heavy atom. The van der Waals surface area contributed by atoms with Crippen LogP contribution in [0.25, 0.3) is 11.4 Å². The minimum atomic E-state index is 1.29. The molecule has 0 radical (unpaired) electrons. The van der Waals surface area contributed by atoms with Crippen molar-refractivity contribution in [2.75, 3.05) is 0 Å². The Morgan fingerprint density at radius 1 is 0.542 bits per heavy atom. The Balaban J connectivity index is 2.34. The van der Waals surface area contributed by atoms with Crippen LogP contribution < -0.4 is 0 Å². The van der Waals surface area contributed by atoms with E-state index >= 15 is 0 Å². The quantitative estimate of drug-likeness (QED) is 0.570. The fraction of sp³-hybridized carbons (Fsp3) is 0.364. The molecule has 0 saturated carbocycles. The molecule has 2 nitrogen and oxygen atoms in total. The summed E-state index contributed by atoms with van der Waals surface area (Å²) in [5.74, 6) is 0. The number of hydrogen-bond acceptors (Lipinski definition) is 0. The highest BCUT2D eigenvalue weighted by atomic mass is 15.0. The molecule has 0 aliphatic carbocycles. The van der Waals surface area contributed by atoms with Crippen molar-refractivity contribution in [2.45, 2.75) is 55.4 Å². The van der Waals surface area contributed by atoms with Crippen LogP contribution in [0.3, 0.4) is 0 Å². The molecule has 0 amide bonds. The summed E-state index contributed by atoms with van der Waals surface area (Å²) in [5.41, 5.74) is 13.4. The molecule has 0 fully saturated rings. The van der Waals surface area contributed by atoms with E-state index in [1.165, 1.54) is 56.1 Å². The number of aromatic nitrogens is 2. The lowest BCUT2D eigenvalue weighted by Gasteiger charge is -2.23. The number of nitrogens with zero attached hydrogens (tertiary/aromatic N) is 2. The van der Waals surface area contributed by atoms with Gasteiger partial charge >= 0.3 is 0 Å². The van der Waals surface area contributed by atoms with E-state index in [0.717, 1.165) is 0 Å².